The van der Waals surface area contributed by atoms with Crippen molar-refractivity contribution in [3.63, 3.8) is 0 Å². The zero-order chi connectivity index (χ0) is 12.1. The number of ether oxygens (including phenoxy) is 2. The number of carboxylic acids is 1. The van der Waals surface area contributed by atoms with Crippen molar-refractivity contribution in [2.75, 3.05) is 20.5 Å². The summed E-state index contributed by atoms with van der Waals surface area (Å²) in [6, 6.07) is 3.59. The first-order valence-electron chi connectivity index (χ1n) is 4.63. The lowest BCUT2D eigenvalue weighted by Gasteiger charge is -2.14. The Morgan fingerprint density at radius 2 is 1.94 bits per heavy atom. The van der Waals surface area contributed by atoms with Gasteiger partial charge in [-0.25, -0.2) is 0 Å². The molecule has 0 bridgehead atoms. The molecule has 88 valence electrons. The smallest absolute Gasteiger partial charge is 0.307 e. The summed E-state index contributed by atoms with van der Waals surface area (Å²) in [5.41, 5.74) is 0.615. The predicted octanol–water partition coefficient (Wildman–Crippen LogP) is 2.05. The Kier molecular flexibility index (Phi) is 4.49. The minimum absolute atomic E-state index is 0.0752. The molecular formula is C11H14O4S. The lowest BCUT2D eigenvalue weighted by molar-refractivity contribution is -0.136. The van der Waals surface area contributed by atoms with E-state index < -0.39 is 5.97 Å². The Morgan fingerprint density at radius 1 is 1.31 bits per heavy atom. The Hall–Kier alpha value is -1.36. The summed E-state index contributed by atoms with van der Waals surface area (Å²) in [7, 11) is 3.05. The molecule has 0 aliphatic rings. The van der Waals surface area contributed by atoms with Gasteiger partial charge >= 0.3 is 5.97 Å². The molecule has 1 aromatic carbocycles. The molecular weight excluding hydrogens is 228 g/mol. The summed E-state index contributed by atoms with van der Waals surface area (Å²) in [4.78, 5) is 11.6. The first kappa shape index (κ1) is 12.7. The highest BCUT2D eigenvalue weighted by Gasteiger charge is 2.16. The number of rotatable bonds is 5. The van der Waals surface area contributed by atoms with E-state index in [0.717, 1.165) is 4.90 Å². The van der Waals surface area contributed by atoms with Crippen molar-refractivity contribution in [1.29, 1.82) is 0 Å². The molecule has 5 heteroatoms. The maximum atomic E-state index is 10.7. The fourth-order valence-corrected chi connectivity index (χ4v) is 2.03. The molecule has 0 unspecified atom stereocenters. The molecule has 4 nitrogen and oxygen atoms in total. The van der Waals surface area contributed by atoms with Crippen LogP contribution in [0.5, 0.6) is 11.5 Å². The second-order valence-electron chi connectivity index (χ2n) is 3.06. The number of methoxy groups -OCH3 is 2. The molecule has 0 atom stereocenters. The third kappa shape index (κ3) is 2.61. The van der Waals surface area contributed by atoms with Crippen molar-refractivity contribution in [2.45, 2.75) is 11.3 Å². The summed E-state index contributed by atoms with van der Waals surface area (Å²) in [6.45, 7) is 0. The second-order valence-corrected chi connectivity index (χ2v) is 3.91. The van der Waals surface area contributed by atoms with Crippen LogP contribution in [-0.2, 0) is 11.2 Å². The van der Waals surface area contributed by atoms with Crippen molar-refractivity contribution in [1.82, 2.24) is 0 Å². The summed E-state index contributed by atoms with van der Waals surface area (Å²) < 4.78 is 10.5. The van der Waals surface area contributed by atoms with Crippen LogP contribution in [0.1, 0.15) is 5.56 Å². The standard InChI is InChI=1S/C11H14O4S/c1-14-10-7(6-9(12)13)4-5-8(16-3)11(10)15-2/h4-5H,6H2,1-3H3,(H,12,13). The summed E-state index contributed by atoms with van der Waals surface area (Å²) in [5.74, 6) is 0.197. The van der Waals surface area contributed by atoms with Gasteiger partial charge in [-0.3, -0.25) is 4.79 Å². The Bertz CT molecular complexity index is 390. The van der Waals surface area contributed by atoms with Gasteiger partial charge in [-0.2, -0.15) is 0 Å². The molecule has 1 N–H and O–H groups in total. The summed E-state index contributed by atoms with van der Waals surface area (Å²) >= 11 is 1.52. The summed E-state index contributed by atoms with van der Waals surface area (Å²) in [5, 5.41) is 8.78. The molecule has 16 heavy (non-hydrogen) atoms. The lowest BCUT2D eigenvalue weighted by Crippen LogP contribution is -2.04. The topological polar surface area (TPSA) is 55.8 Å². The van der Waals surface area contributed by atoms with E-state index in [9.17, 15) is 4.79 Å². The lowest BCUT2D eigenvalue weighted by atomic mass is 10.1. The molecule has 0 saturated heterocycles. The number of benzene rings is 1. The quantitative estimate of drug-likeness (QED) is 0.801. The molecule has 0 saturated carbocycles. The van der Waals surface area contributed by atoms with Gasteiger partial charge in [-0.05, 0) is 12.3 Å². The van der Waals surface area contributed by atoms with Gasteiger partial charge in [0.25, 0.3) is 0 Å². The van der Waals surface area contributed by atoms with Crippen LogP contribution in [0.2, 0.25) is 0 Å². The highest BCUT2D eigenvalue weighted by molar-refractivity contribution is 7.98. The monoisotopic (exact) mass is 242 g/mol. The molecule has 0 spiro atoms. The predicted molar refractivity (Wildman–Crippen MR) is 62.7 cm³/mol. The van der Waals surface area contributed by atoms with E-state index in [1.807, 2.05) is 12.3 Å². The third-order valence-corrected chi connectivity index (χ3v) is 2.89. The minimum Gasteiger partial charge on any atom is -0.493 e. The molecule has 0 radical (unpaired) electrons. The fourth-order valence-electron chi connectivity index (χ4n) is 1.47. The molecule has 0 amide bonds. The van der Waals surface area contributed by atoms with Crippen LogP contribution in [-0.4, -0.2) is 31.6 Å². The maximum absolute atomic E-state index is 10.7. The molecule has 0 aliphatic heterocycles. The molecule has 0 fully saturated rings. The molecule has 0 aromatic heterocycles. The molecule has 1 rings (SSSR count). The molecule has 0 heterocycles. The van der Waals surface area contributed by atoms with Crippen LogP contribution in [0.3, 0.4) is 0 Å². The first-order valence-corrected chi connectivity index (χ1v) is 5.86. The van der Waals surface area contributed by atoms with Crippen molar-refractivity contribution in [2.24, 2.45) is 0 Å². The zero-order valence-electron chi connectivity index (χ0n) is 9.44. The van der Waals surface area contributed by atoms with Gasteiger partial charge in [0.1, 0.15) is 0 Å². The Labute approximate surface area is 98.6 Å². The van der Waals surface area contributed by atoms with Crippen molar-refractivity contribution >= 4 is 17.7 Å². The largest absolute Gasteiger partial charge is 0.493 e. The number of hydrogen-bond donors (Lipinski definition) is 1. The minimum atomic E-state index is -0.891. The van der Waals surface area contributed by atoms with Gasteiger partial charge in [-0.15, -0.1) is 11.8 Å². The number of thioether (sulfide) groups is 1. The van der Waals surface area contributed by atoms with Crippen LogP contribution < -0.4 is 9.47 Å². The SMILES string of the molecule is COc1c(CC(=O)O)ccc(SC)c1OC. The van der Waals surface area contributed by atoms with E-state index in [1.54, 1.807) is 13.2 Å². The van der Waals surface area contributed by atoms with Crippen molar-refractivity contribution < 1.29 is 19.4 Å². The summed E-state index contributed by atoms with van der Waals surface area (Å²) in [6.07, 6.45) is 1.85. The van der Waals surface area contributed by atoms with Crippen LogP contribution in [0.25, 0.3) is 0 Å². The van der Waals surface area contributed by atoms with Gasteiger partial charge < -0.3 is 14.6 Å². The zero-order valence-corrected chi connectivity index (χ0v) is 10.3. The van der Waals surface area contributed by atoms with Gasteiger partial charge in [-0.1, -0.05) is 6.07 Å². The average Bonchev–Trinajstić information content (AvgIpc) is 2.27. The normalized spacial score (nSPS) is 9.94. The van der Waals surface area contributed by atoms with E-state index in [-0.39, 0.29) is 6.42 Å². The molecule has 0 aliphatic carbocycles. The fraction of sp³-hybridized carbons (Fsp3) is 0.364. The highest BCUT2D eigenvalue weighted by Crippen LogP contribution is 2.39. The highest BCUT2D eigenvalue weighted by atomic mass is 32.2. The van der Waals surface area contributed by atoms with E-state index in [1.165, 1.54) is 18.9 Å². The molecule has 1 aromatic rings. The van der Waals surface area contributed by atoms with Crippen LogP contribution in [0.15, 0.2) is 17.0 Å². The van der Waals surface area contributed by atoms with Crippen LogP contribution in [0.4, 0.5) is 0 Å². The van der Waals surface area contributed by atoms with Crippen LogP contribution in [0, 0.1) is 0 Å². The number of carboxylic acid groups (broad SMARTS) is 1. The van der Waals surface area contributed by atoms with E-state index in [2.05, 4.69) is 0 Å². The number of aliphatic carboxylic acids is 1. The third-order valence-electron chi connectivity index (χ3n) is 2.13. The number of hydrogen-bond acceptors (Lipinski definition) is 4. The van der Waals surface area contributed by atoms with E-state index in [4.69, 9.17) is 14.6 Å². The van der Waals surface area contributed by atoms with Crippen molar-refractivity contribution in [3.8, 4) is 11.5 Å². The van der Waals surface area contributed by atoms with Crippen molar-refractivity contribution in [3.05, 3.63) is 17.7 Å². The average molecular weight is 242 g/mol. The van der Waals surface area contributed by atoms with Gasteiger partial charge in [0.15, 0.2) is 11.5 Å². The van der Waals surface area contributed by atoms with E-state index >= 15 is 0 Å². The van der Waals surface area contributed by atoms with Crippen LogP contribution >= 0.6 is 11.8 Å². The Balaban J connectivity index is 3.25. The van der Waals surface area contributed by atoms with Gasteiger partial charge in [0, 0.05) is 5.56 Å². The van der Waals surface area contributed by atoms with Gasteiger partial charge in [0.05, 0.1) is 25.5 Å². The van der Waals surface area contributed by atoms with Gasteiger partial charge in [0.2, 0.25) is 0 Å². The van der Waals surface area contributed by atoms with E-state index in [0.29, 0.717) is 17.1 Å². The second kappa shape index (κ2) is 5.65. The first-order chi connectivity index (χ1) is 7.63. The number of carbonyl (C=O) groups is 1. The maximum Gasteiger partial charge on any atom is 0.307 e. The Morgan fingerprint density at radius 3 is 2.38 bits per heavy atom.